The molecule has 0 bridgehead atoms. The largest absolute Gasteiger partial charge is 0.506 e. The highest BCUT2D eigenvalue weighted by atomic mass is 35.5. The number of aromatic nitrogens is 4. The quantitative estimate of drug-likeness (QED) is 0.268. The molecule has 4 rings (SSSR count). The number of carbonyl (C=O) groups is 2. The van der Waals surface area contributed by atoms with Crippen LogP contribution < -0.4 is 21.5 Å². The van der Waals surface area contributed by atoms with Gasteiger partial charge in [0, 0.05) is 31.9 Å². The van der Waals surface area contributed by atoms with E-state index in [1.165, 1.54) is 29.1 Å². The number of pyridine rings is 1. The Labute approximate surface area is 218 Å². The maximum atomic E-state index is 12.9. The lowest BCUT2D eigenvalue weighted by Gasteiger charge is -2.14. The monoisotopic (exact) mass is 549 g/mol. The van der Waals surface area contributed by atoms with Gasteiger partial charge in [-0.2, -0.15) is 0 Å². The molecule has 4 aromatic rings. The Morgan fingerprint density at radius 2 is 1.92 bits per heavy atom. The summed E-state index contributed by atoms with van der Waals surface area (Å²) in [6.07, 6.45) is 2.90. The summed E-state index contributed by atoms with van der Waals surface area (Å²) >= 11 is 18.2. The average Bonchev–Trinajstić information content (AvgIpc) is 3.14. The van der Waals surface area contributed by atoms with Crippen molar-refractivity contribution in [2.45, 2.75) is 6.54 Å². The normalized spacial score (nSPS) is 11.0. The van der Waals surface area contributed by atoms with Crippen molar-refractivity contribution in [2.24, 2.45) is 5.73 Å². The predicted molar refractivity (Wildman–Crippen MR) is 138 cm³/mol. The Bertz CT molecular complexity index is 1600. The molecule has 0 saturated heterocycles. The molecule has 3 heterocycles. The van der Waals surface area contributed by atoms with E-state index in [-0.39, 0.29) is 49.6 Å². The van der Waals surface area contributed by atoms with E-state index in [4.69, 9.17) is 40.5 Å². The fourth-order valence-electron chi connectivity index (χ4n) is 3.56. The van der Waals surface area contributed by atoms with Crippen molar-refractivity contribution in [1.29, 1.82) is 0 Å². The zero-order valence-electron chi connectivity index (χ0n) is 18.8. The molecule has 0 atom stereocenters. The van der Waals surface area contributed by atoms with Crippen LogP contribution in [0.5, 0.6) is 5.75 Å². The number of carbonyl (C=O) groups excluding carboxylic acids is 2. The number of anilines is 2. The second-order valence-electron chi connectivity index (χ2n) is 7.91. The van der Waals surface area contributed by atoms with Gasteiger partial charge in [-0.05, 0) is 29.3 Å². The van der Waals surface area contributed by atoms with Crippen LogP contribution in [0, 0.1) is 0 Å². The van der Waals surface area contributed by atoms with Gasteiger partial charge >= 0.3 is 0 Å². The van der Waals surface area contributed by atoms with Crippen LogP contribution in [0.3, 0.4) is 0 Å². The molecule has 0 aliphatic heterocycles. The van der Waals surface area contributed by atoms with Crippen molar-refractivity contribution in [1.82, 2.24) is 19.5 Å². The lowest BCUT2D eigenvalue weighted by Crippen LogP contribution is -2.20. The lowest BCUT2D eigenvalue weighted by molar-refractivity contribution is -0.116. The minimum absolute atomic E-state index is 0.0845. The molecule has 0 radical (unpaired) electrons. The van der Waals surface area contributed by atoms with E-state index >= 15 is 0 Å². The van der Waals surface area contributed by atoms with E-state index in [1.807, 2.05) is 0 Å². The molecule has 1 aromatic carbocycles. The molecule has 0 saturated carbocycles. The zero-order valence-corrected chi connectivity index (χ0v) is 21.0. The van der Waals surface area contributed by atoms with Crippen molar-refractivity contribution < 1.29 is 14.7 Å². The van der Waals surface area contributed by atoms with Crippen LogP contribution in [0.2, 0.25) is 15.3 Å². The minimum atomic E-state index is -0.916. The fraction of sp³-hybridized carbons (Fsp3) is 0.136. The highest BCUT2D eigenvalue weighted by molar-refractivity contribution is 6.34. The van der Waals surface area contributed by atoms with Gasteiger partial charge in [-0.3, -0.25) is 19.4 Å². The standard InChI is InChI=1S/C22H18Cl3N7O4/c1-31(2)15-5-14(13(24)6-27-15)28-16(33)8-32-7-11(17-20(32)29-22(25)30-21(17)36)9-3-10(19(26)35)18(34)12(23)4-9/h3-7,34H,8H2,1-2H3,(H2,26,35)(H,27,28,33)(H,29,30,36). The highest BCUT2D eigenvalue weighted by Gasteiger charge is 2.21. The van der Waals surface area contributed by atoms with Gasteiger partial charge in [0.15, 0.2) is 0 Å². The van der Waals surface area contributed by atoms with Gasteiger partial charge in [0.05, 0.1) is 32.9 Å². The van der Waals surface area contributed by atoms with Crippen LogP contribution >= 0.6 is 34.8 Å². The number of aromatic hydroxyl groups is 1. The Kier molecular flexibility index (Phi) is 6.81. The van der Waals surface area contributed by atoms with E-state index in [2.05, 4.69) is 20.3 Å². The van der Waals surface area contributed by atoms with E-state index in [9.17, 15) is 19.5 Å². The second kappa shape index (κ2) is 9.69. The Morgan fingerprint density at radius 3 is 2.58 bits per heavy atom. The summed E-state index contributed by atoms with van der Waals surface area (Å²) in [5.41, 5.74) is 5.54. The first-order chi connectivity index (χ1) is 17.0. The summed E-state index contributed by atoms with van der Waals surface area (Å²) in [6, 6.07) is 4.26. The molecule has 0 fully saturated rings. The number of aromatic amines is 1. The number of nitrogens with two attached hydrogens (primary N) is 1. The van der Waals surface area contributed by atoms with E-state index in [1.54, 1.807) is 25.1 Å². The first-order valence-corrected chi connectivity index (χ1v) is 11.3. The zero-order chi connectivity index (χ0) is 26.3. The predicted octanol–water partition coefficient (Wildman–Crippen LogP) is 3.26. The van der Waals surface area contributed by atoms with Crippen molar-refractivity contribution in [2.75, 3.05) is 24.3 Å². The number of primary amides is 1. The summed E-state index contributed by atoms with van der Waals surface area (Å²) in [7, 11) is 3.59. The molecule has 3 aromatic heterocycles. The van der Waals surface area contributed by atoms with Crippen molar-refractivity contribution >= 4 is 69.2 Å². The summed E-state index contributed by atoms with van der Waals surface area (Å²) in [4.78, 5) is 50.0. The first kappa shape index (κ1) is 25.3. The van der Waals surface area contributed by atoms with Gasteiger partial charge in [-0.25, -0.2) is 9.97 Å². The molecule has 36 heavy (non-hydrogen) atoms. The van der Waals surface area contributed by atoms with Gasteiger partial charge in [0.25, 0.3) is 11.5 Å². The number of hydrogen-bond donors (Lipinski definition) is 4. The molecule has 186 valence electrons. The Hall–Kier alpha value is -3.80. The van der Waals surface area contributed by atoms with Crippen molar-refractivity contribution in [3.05, 3.63) is 61.8 Å². The summed E-state index contributed by atoms with van der Waals surface area (Å²) in [5, 5.41) is 12.8. The number of halogens is 3. The van der Waals surface area contributed by atoms with Crippen LogP contribution in [0.1, 0.15) is 10.4 Å². The number of rotatable bonds is 6. The smallest absolute Gasteiger partial charge is 0.261 e. The first-order valence-electron chi connectivity index (χ1n) is 10.2. The molecular formula is C22H18Cl3N7O4. The van der Waals surface area contributed by atoms with Gasteiger partial charge < -0.3 is 25.6 Å². The number of benzene rings is 1. The lowest BCUT2D eigenvalue weighted by atomic mass is 10.0. The Morgan fingerprint density at radius 1 is 1.19 bits per heavy atom. The summed E-state index contributed by atoms with van der Waals surface area (Å²) in [6.45, 7) is -0.270. The Balaban J connectivity index is 1.79. The number of fused-ring (bicyclic) bond motifs is 1. The average molecular weight is 551 g/mol. The third kappa shape index (κ3) is 4.81. The van der Waals surface area contributed by atoms with Gasteiger partial charge in [0.2, 0.25) is 11.2 Å². The highest BCUT2D eigenvalue weighted by Crippen LogP contribution is 2.36. The summed E-state index contributed by atoms with van der Waals surface area (Å²) in [5.74, 6) is -1.30. The van der Waals surface area contributed by atoms with Crippen LogP contribution in [0.4, 0.5) is 11.5 Å². The molecule has 2 amide bonds. The maximum absolute atomic E-state index is 12.9. The number of phenols is 1. The van der Waals surface area contributed by atoms with E-state index in [0.29, 0.717) is 11.5 Å². The molecular weight excluding hydrogens is 533 g/mol. The van der Waals surface area contributed by atoms with E-state index in [0.717, 1.165) is 0 Å². The van der Waals surface area contributed by atoms with E-state index < -0.39 is 23.1 Å². The summed E-state index contributed by atoms with van der Waals surface area (Å²) < 4.78 is 1.41. The van der Waals surface area contributed by atoms with Crippen molar-refractivity contribution in [3.63, 3.8) is 0 Å². The van der Waals surface area contributed by atoms with Gasteiger partial charge in [0.1, 0.15) is 23.8 Å². The molecule has 0 spiro atoms. The molecule has 14 heteroatoms. The molecule has 0 aliphatic carbocycles. The van der Waals surface area contributed by atoms with Gasteiger partial charge in [-0.1, -0.05) is 23.2 Å². The van der Waals surface area contributed by atoms with Crippen molar-refractivity contribution in [3.8, 4) is 16.9 Å². The number of amides is 2. The third-order valence-electron chi connectivity index (χ3n) is 5.22. The van der Waals surface area contributed by atoms with Crippen LogP contribution in [0.25, 0.3) is 22.2 Å². The molecule has 0 aliphatic rings. The topological polar surface area (TPSA) is 159 Å². The number of nitrogens with zero attached hydrogens (tertiary/aromatic N) is 4. The van der Waals surface area contributed by atoms with Gasteiger partial charge in [-0.15, -0.1) is 0 Å². The number of H-pyrrole nitrogens is 1. The maximum Gasteiger partial charge on any atom is 0.261 e. The minimum Gasteiger partial charge on any atom is -0.506 e. The van der Waals surface area contributed by atoms with Crippen LogP contribution in [0.15, 0.2) is 35.4 Å². The fourth-order valence-corrected chi connectivity index (χ4v) is 4.10. The second-order valence-corrected chi connectivity index (χ2v) is 9.08. The SMILES string of the molecule is CN(C)c1cc(NC(=O)Cn2cc(-c3cc(Cl)c(O)c(C(N)=O)c3)c3c(=O)[nH]c(Cl)nc32)c(Cl)cn1. The molecule has 11 nitrogen and oxygen atoms in total. The third-order valence-corrected chi connectivity index (χ3v) is 5.99. The molecule has 0 unspecified atom stereocenters. The molecule has 5 N–H and O–H groups in total. The van der Waals surface area contributed by atoms with Crippen LogP contribution in [-0.2, 0) is 11.3 Å². The van der Waals surface area contributed by atoms with Crippen LogP contribution in [-0.4, -0.2) is 50.5 Å². The number of hydrogen-bond acceptors (Lipinski definition) is 7. The number of nitrogens with one attached hydrogen (secondary N) is 2.